The molecule has 0 bridgehead atoms. The molecule has 0 amide bonds. The third-order valence-corrected chi connectivity index (χ3v) is 3.82. The van der Waals surface area contributed by atoms with Crippen molar-refractivity contribution in [2.45, 2.75) is 25.4 Å². The van der Waals surface area contributed by atoms with Gasteiger partial charge in [-0.25, -0.2) is 9.13 Å². The fourth-order valence-electron chi connectivity index (χ4n) is 0.938. The zero-order chi connectivity index (χ0) is 14.6. The highest BCUT2D eigenvalue weighted by Gasteiger charge is 2.33. The third-order valence-electron chi connectivity index (χ3n) is 1.63. The van der Waals surface area contributed by atoms with Crippen LogP contribution in [0.1, 0.15) is 19.8 Å². The molecule has 0 aliphatic rings. The van der Waals surface area contributed by atoms with Crippen LogP contribution >= 0.6 is 15.6 Å². The van der Waals surface area contributed by atoms with E-state index in [1.54, 1.807) is 0 Å². The Labute approximate surface area is 102 Å². The van der Waals surface area contributed by atoms with Gasteiger partial charge in [0.25, 0.3) is 0 Å². The van der Waals surface area contributed by atoms with E-state index < -0.39 is 40.2 Å². The first-order valence-electron chi connectivity index (χ1n) is 4.49. The minimum Gasteiger partial charge on any atom is -0.550 e. The van der Waals surface area contributed by atoms with Crippen molar-refractivity contribution in [3.05, 3.63) is 0 Å². The monoisotopic (exact) mass is 307 g/mol. The maximum Gasteiger partial charge on any atom is 0.481 e. The Morgan fingerprint density at radius 2 is 1.83 bits per heavy atom. The van der Waals surface area contributed by atoms with Crippen LogP contribution in [-0.2, 0) is 22.8 Å². The van der Waals surface area contributed by atoms with E-state index in [9.17, 15) is 24.1 Å². The van der Waals surface area contributed by atoms with Crippen molar-refractivity contribution in [1.82, 2.24) is 0 Å². The van der Waals surface area contributed by atoms with Crippen LogP contribution in [0, 0.1) is 0 Å². The molecule has 0 aliphatic heterocycles. The molecule has 0 saturated carbocycles. The molecule has 4 N–H and O–H groups in total. The summed E-state index contributed by atoms with van der Waals surface area (Å²) in [5.74, 6) is -1.53. The van der Waals surface area contributed by atoms with Crippen LogP contribution in [0.25, 0.3) is 0 Å². The molecule has 0 fully saturated rings. The molecule has 2 unspecified atom stereocenters. The Bertz CT molecular complexity index is 384. The standard InChI is InChI=1S/C6H14O10P2/c1-6(9,4-5(7)8)2-3-15-18(13,14)16-17(10,11)12/h9H,2-4H2,1H3,(H,7,8)(H,13,14)(H2,10,11,12)/p-1. The van der Waals surface area contributed by atoms with Crippen molar-refractivity contribution in [3.8, 4) is 0 Å². The van der Waals surface area contributed by atoms with Gasteiger partial charge < -0.3 is 29.7 Å². The van der Waals surface area contributed by atoms with Gasteiger partial charge in [-0.05, 0) is 6.92 Å². The summed E-state index contributed by atoms with van der Waals surface area (Å²) < 4.78 is 28.8. The van der Waals surface area contributed by atoms with Crippen LogP contribution in [0.2, 0.25) is 0 Å². The fraction of sp³-hybridized carbons (Fsp3) is 0.833. The second-order valence-corrected chi connectivity index (χ2v) is 6.50. The van der Waals surface area contributed by atoms with Gasteiger partial charge in [0.05, 0.1) is 12.2 Å². The van der Waals surface area contributed by atoms with Crippen molar-refractivity contribution < 1.29 is 47.7 Å². The van der Waals surface area contributed by atoms with Crippen molar-refractivity contribution >= 4 is 21.6 Å². The molecule has 108 valence electrons. The number of aliphatic carboxylic acids is 1. The number of hydrogen-bond acceptors (Lipinski definition) is 7. The second kappa shape index (κ2) is 6.23. The van der Waals surface area contributed by atoms with E-state index in [1.165, 1.54) is 0 Å². The number of carboxylic acid groups (broad SMARTS) is 1. The number of carbonyl (C=O) groups is 1. The Morgan fingerprint density at radius 3 is 2.22 bits per heavy atom. The highest BCUT2D eigenvalue weighted by atomic mass is 31.3. The van der Waals surface area contributed by atoms with Crippen LogP contribution in [0.5, 0.6) is 0 Å². The Morgan fingerprint density at radius 1 is 1.33 bits per heavy atom. The van der Waals surface area contributed by atoms with Crippen LogP contribution in [-0.4, -0.2) is 38.0 Å². The summed E-state index contributed by atoms with van der Waals surface area (Å²) in [5, 5.41) is 19.7. The van der Waals surface area contributed by atoms with Gasteiger partial charge in [0.2, 0.25) is 0 Å². The maximum absolute atomic E-state index is 10.9. The van der Waals surface area contributed by atoms with E-state index in [0.29, 0.717) is 0 Å². The number of phosphoric acid groups is 2. The molecule has 0 spiro atoms. The van der Waals surface area contributed by atoms with E-state index in [2.05, 4.69) is 8.83 Å². The molecule has 12 heteroatoms. The van der Waals surface area contributed by atoms with Crippen molar-refractivity contribution in [2.75, 3.05) is 6.61 Å². The maximum atomic E-state index is 10.9. The highest BCUT2D eigenvalue weighted by Crippen LogP contribution is 2.57. The first kappa shape index (κ1) is 17.7. The highest BCUT2D eigenvalue weighted by molar-refractivity contribution is 7.60. The van der Waals surface area contributed by atoms with Crippen LogP contribution in [0.15, 0.2) is 0 Å². The summed E-state index contributed by atoms with van der Waals surface area (Å²) >= 11 is 0. The predicted octanol–water partition coefficient (Wildman–Crippen LogP) is -1.51. The molecular weight excluding hydrogens is 294 g/mol. The first-order chi connectivity index (χ1) is 7.83. The summed E-state index contributed by atoms with van der Waals surface area (Å²) in [5.41, 5.74) is -1.75. The number of carbonyl (C=O) groups excluding carboxylic acids is 1. The van der Waals surface area contributed by atoms with E-state index in [1.807, 2.05) is 0 Å². The smallest absolute Gasteiger partial charge is 0.481 e. The van der Waals surface area contributed by atoms with Gasteiger partial charge >= 0.3 is 15.6 Å². The molecule has 18 heavy (non-hydrogen) atoms. The van der Waals surface area contributed by atoms with Crippen LogP contribution < -0.4 is 5.11 Å². The van der Waals surface area contributed by atoms with E-state index >= 15 is 0 Å². The van der Waals surface area contributed by atoms with Crippen molar-refractivity contribution in [3.63, 3.8) is 0 Å². The minimum atomic E-state index is -5.20. The predicted molar refractivity (Wildman–Crippen MR) is 53.8 cm³/mol. The average Bonchev–Trinajstić information content (AvgIpc) is 1.93. The number of aliphatic hydroxyl groups is 1. The summed E-state index contributed by atoms with van der Waals surface area (Å²) in [6.07, 6.45) is -1.11. The van der Waals surface area contributed by atoms with Crippen LogP contribution in [0.3, 0.4) is 0 Å². The summed E-state index contributed by atoms with van der Waals surface area (Å²) in [6, 6.07) is 0. The van der Waals surface area contributed by atoms with E-state index in [0.717, 1.165) is 6.92 Å². The molecule has 10 nitrogen and oxygen atoms in total. The number of rotatable bonds is 8. The lowest BCUT2D eigenvalue weighted by atomic mass is 9.99. The summed E-state index contributed by atoms with van der Waals surface area (Å²) in [7, 11) is -10.2. The van der Waals surface area contributed by atoms with Crippen molar-refractivity contribution in [1.29, 1.82) is 0 Å². The molecule has 0 aliphatic carbocycles. The largest absolute Gasteiger partial charge is 0.550 e. The SMILES string of the molecule is CC(O)(CCOP(=O)(O)OP(=O)(O)O)CC(=O)[O-]. The normalized spacial score (nSPS) is 18.9. The topological polar surface area (TPSA) is 174 Å². The van der Waals surface area contributed by atoms with Gasteiger partial charge in [-0.3, -0.25) is 4.52 Å². The Hall–Kier alpha value is -0.310. The number of phosphoric ester groups is 1. The fourth-order valence-corrected chi connectivity index (χ4v) is 2.52. The lowest BCUT2D eigenvalue weighted by Crippen LogP contribution is -2.35. The quantitative estimate of drug-likeness (QED) is 0.386. The lowest BCUT2D eigenvalue weighted by Gasteiger charge is -2.23. The van der Waals surface area contributed by atoms with Gasteiger partial charge in [0.1, 0.15) is 0 Å². The Balaban J connectivity index is 4.22. The first-order valence-corrected chi connectivity index (χ1v) is 7.52. The van der Waals surface area contributed by atoms with Gasteiger partial charge in [0, 0.05) is 18.8 Å². The molecule has 0 aromatic heterocycles. The zero-order valence-electron chi connectivity index (χ0n) is 9.25. The van der Waals surface area contributed by atoms with Gasteiger partial charge in [-0.15, -0.1) is 0 Å². The molecule has 0 aromatic carbocycles. The van der Waals surface area contributed by atoms with Crippen LogP contribution in [0.4, 0.5) is 0 Å². The number of hydrogen-bond donors (Lipinski definition) is 4. The van der Waals surface area contributed by atoms with Gasteiger partial charge in [0.15, 0.2) is 0 Å². The molecule has 2 atom stereocenters. The molecule has 0 rings (SSSR count). The summed E-state index contributed by atoms with van der Waals surface area (Å²) in [4.78, 5) is 35.6. The Kier molecular flexibility index (Phi) is 6.12. The van der Waals surface area contributed by atoms with Gasteiger partial charge in [-0.1, -0.05) is 0 Å². The van der Waals surface area contributed by atoms with Gasteiger partial charge in [-0.2, -0.15) is 4.31 Å². The average molecular weight is 307 g/mol. The molecule has 0 radical (unpaired) electrons. The molecular formula is C6H13O10P2-. The van der Waals surface area contributed by atoms with Crippen molar-refractivity contribution in [2.24, 2.45) is 0 Å². The molecule has 0 saturated heterocycles. The minimum absolute atomic E-state index is 0.379. The summed E-state index contributed by atoms with van der Waals surface area (Å²) in [6.45, 7) is 0.479. The van der Waals surface area contributed by atoms with E-state index in [4.69, 9.17) is 14.7 Å². The number of carboxylic acids is 1. The molecule has 0 heterocycles. The lowest BCUT2D eigenvalue weighted by molar-refractivity contribution is -0.309. The van der Waals surface area contributed by atoms with E-state index in [-0.39, 0.29) is 6.42 Å². The zero-order valence-corrected chi connectivity index (χ0v) is 11.0. The second-order valence-electron chi connectivity index (χ2n) is 3.67. The molecule has 0 aromatic rings. The third kappa shape index (κ3) is 9.69.